The first-order valence-corrected chi connectivity index (χ1v) is 10.5. The first kappa shape index (κ1) is 20.7. The molecule has 1 N–H and O–H groups in total. The van der Waals surface area contributed by atoms with Crippen molar-refractivity contribution in [2.75, 3.05) is 33.9 Å². The van der Waals surface area contributed by atoms with E-state index in [1.54, 1.807) is 36.4 Å². The standard InChI is InChI=1S/C20H22N2O6S/c1-27-15-6-8-17(9-7-15)29(25,26)18-12-22(13-18)19(23)11-21-20(24)14-4-3-5-16(10-14)28-2/h3-10,18H,11-13H2,1-2H3,(H,21,24). The minimum absolute atomic E-state index is 0.0994. The minimum atomic E-state index is -3.53. The monoisotopic (exact) mass is 418 g/mol. The van der Waals surface area contributed by atoms with Crippen molar-refractivity contribution in [2.24, 2.45) is 0 Å². The lowest BCUT2D eigenvalue weighted by atomic mass is 10.2. The molecule has 1 aliphatic rings. The first-order valence-electron chi connectivity index (χ1n) is 8.93. The summed E-state index contributed by atoms with van der Waals surface area (Å²) < 4.78 is 35.4. The van der Waals surface area contributed by atoms with E-state index in [0.717, 1.165) is 0 Å². The van der Waals surface area contributed by atoms with Gasteiger partial charge in [-0.15, -0.1) is 0 Å². The summed E-state index contributed by atoms with van der Waals surface area (Å²) >= 11 is 0. The van der Waals surface area contributed by atoms with Crippen LogP contribution in [0.5, 0.6) is 11.5 Å². The Morgan fingerprint density at radius 1 is 1.03 bits per heavy atom. The number of carbonyl (C=O) groups is 2. The summed E-state index contributed by atoms with van der Waals surface area (Å²) in [6.45, 7) is -0.00417. The van der Waals surface area contributed by atoms with Gasteiger partial charge >= 0.3 is 0 Å². The van der Waals surface area contributed by atoms with Crippen molar-refractivity contribution in [3.8, 4) is 11.5 Å². The fourth-order valence-electron chi connectivity index (χ4n) is 2.93. The molecule has 29 heavy (non-hydrogen) atoms. The lowest BCUT2D eigenvalue weighted by molar-refractivity contribution is -0.133. The average molecular weight is 418 g/mol. The third-order valence-electron chi connectivity index (χ3n) is 4.76. The van der Waals surface area contributed by atoms with Gasteiger partial charge in [0.1, 0.15) is 16.7 Å². The van der Waals surface area contributed by atoms with Crippen LogP contribution in [0, 0.1) is 0 Å². The topological polar surface area (TPSA) is 102 Å². The summed E-state index contributed by atoms with van der Waals surface area (Å²) in [4.78, 5) is 26.0. The molecule has 9 heteroatoms. The molecule has 1 saturated heterocycles. The molecule has 154 valence electrons. The van der Waals surface area contributed by atoms with E-state index in [1.807, 2.05) is 0 Å². The Morgan fingerprint density at radius 2 is 1.69 bits per heavy atom. The highest BCUT2D eigenvalue weighted by atomic mass is 32.2. The van der Waals surface area contributed by atoms with E-state index in [-0.39, 0.29) is 30.4 Å². The van der Waals surface area contributed by atoms with Gasteiger partial charge in [-0.25, -0.2) is 8.42 Å². The molecule has 2 amide bonds. The van der Waals surface area contributed by atoms with Crippen LogP contribution in [-0.2, 0) is 14.6 Å². The molecule has 0 bridgehead atoms. The van der Waals surface area contributed by atoms with Crippen molar-refractivity contribution in [1.29, 1.82) is 0 Å². The Bertz CT molecular complexity index is 998. The number of carbonyl (C=O) groups excluding carboxylic acids is 2. The number of rotatable bonds is 7. The normalized spacial score (nSPS) is 14.1. The summed E-state index contributed by atoms with van der Waals surface area (Å²) in [6, 6.07) is 12.7. The molecule has 0 atom stereocenters. The second kappa shape index (κ2) is 8.52. The molecular weight excluding hydrogens is 396 g/mol. The van der Waals surface area contributed by atoms with Gasteiger partial charge in [0.05, 0.1) is 25.7 Å². The van der Waals surface area contributed by atoms with E-state index >= 15 is 0 Å². The van der Waals surface area contributed by atoms with Crippen LogP contribution in [0.25, 0.3) is 0 Å². The quantitative estimate of drug-likeness (QED) is 0.723. The Hall–Kier alpha value is -3.07. The lowest BCUT2D eigenvalue weighted by Gasteiger charge is -2.38. The van der Waals surface area contributed by atoms with Gasteiger partial charge in [0, 0.05) is 18.7 Å². The maximum Gasteiger partial charge on any atom is 0.251 e. The first-order chi connectivity index (χ1) is 13.8. The number of likely N-dealkylation sites (tertiary alicyclic amines) is 1. The summed E-state index contributed by atoms with van der Waals surface area (Å²) in [5.41, 5.74) is 0.376. The van der Waals surface area contributed by atoms with Crippen molar-refractivity contribution in [1.82, 2.24) is 10.2 Å². The highest BCUT2D eigenvalue weighted by Crippen LogP contribution is 2.25. The number of amides is 2. The van der Waals surface area contributed by atoms with Crippen LogP contribution >= 0.6 is 0 Å². The van der Waals surface area contributed by atoms with Crippen molar-refractivity contribution >= 4 is 21.7 Å². The molecular formula is C20H22N2O6S. The third-order valence-corrected chi connectivity index (χ3v) is 6.86. The molecule has 0 aromatic heterocycles. The van der Waals surface area contributed by atoms with Crippen LogP contribution in [0.1, 0.15) is 10.4 Å². The molecule has 0 spiro atoms. The van der Waals surface area contributed by atoms with Crippen LogP contribution in [0.3, 0.4) is 0 Å². The van der Waals surface area contributed by atoms with Gasteiger partial charge in [-0.1, -0.05) is 6.07 Å². The highest BCUT2D eigenvalue weighted by molar-refractivity contribution is 7.92. The molecule has 0 radical (unpaired) electrons. The Labute approximate surface area is 169 Å². The molecule has 2 aromatic rings. The molecule has 1 aliphatic heterocycles. The lowest BCUT2D eigenvalue weighted by Crippen LogP contribution is -2.58. The predicted molar refractivity (Wildman–Crippen MR) is 106 cm³/mol. The van der Waals surface area contributed by atoms with E-state index in [9.17, 15) is 18.0 Å². The number of hydrogen-bond donors (Lipinski definition) is 1. The second-order valence-corrected chi connectivity index (χ2v) is 8.78. The molecule has 0 saturated carbocycles. The van der Waals surface area contributed by atoms with Gasteiger partial charge in [-0.2, -0.15) is 0 Å². The molecule has 0 aliphatic carbocycles. The van der Waals surface area contributed by atoms with Crippen molar-refractivity contribution in [2.45, 2.75) is 10.1 Å². The van der Waals surface area contributed by atoms with E-state index in [2.05, 4.69) is 5.32 Å². The zero-order valence-electron chi connectivity index (χ0n) is 16.1. The molecule has 0 unspecified atom stereocenters. The number of nitrogens with one attached hydrogen (secondary N) is 1. The molecule has 8 nitrogen and oxygen atoms in total. The van der Waals surface area contributed by atoms with Gasteiger partial charge < -0.3 is 19.7 Å². The number of methoxy groups -OCH3 is 2. The molecule has 2 aromatic carbocycles. The summed E-state index contributed by atoms with van der Waals surface area (Å²) in [6.07, 6.45) is 0. The van der Waals surface area contributed by atoms with Gasteiger partial charge in [-0.05, 0) is 42.5 Å². The van der Waals surface area contributed by atoms with Gasteiger partial charge in [0.25, 0.3) is 5.91 Å². The fourth-order valence-corrected chi connectivity index (χ4v) is 4.58. The van der Waals surface area contributed by atoms with E-state index in [1.165, 1.54) is 31.3 Å². The second-order valence-electron chi connectivity index (χ2n) is 6.56. The Morgan fingerprint density at radius 3 is 2.31 bits per heavy atom. The van der Waals surface area contributed by atoms with Crippen molar-refractivity contribution < 1.29 is 27.5 Å². The van der Waals surface area contributed by atoms with Crippen LogP contribution in [0.4, 0.5) is 0 Å². The number of ether oxygens (including phenoxy) is 2. The minimum Gasteiger partial charge on any atom is -0.497 e. The molecule has 1 fully saturated rings. The molecule has 3 rings (SSSR count). The Balaban J connectivity index is 1.52. The number of sulfone groups is 1. The predicted octanol–water partition coefficient (Wildman–Crippen LogP) is 1.12. The zero-order chi connectivity index (χ0) is 21.0. The van der Waals surface area contributed by atoms with Gasteiger partial charge in [0.15, 0.2) is 9.84 Å². The number of nitrogens with zero attached hydrogens (tertiary/aromatic N) is 1. The third kappa shape index (κ3) is 4.51. The maximum atomic E-state index is 12.6. The summed E-state index contributed by atoms with van der Waals surface area (Å²) in [5.74, 6) is 0.377. The highest BCUT2D eigenvalue weighted by Gasteiger charge is 2.40. The molecule has 1 heterocycles. The average Bonchev–Trinajstić information content (AvgIpc) is 2.70. The van der Waals surface area contributed by atoms with Crippen LogP contribution in [-0.4, -0.2) is 64.2 Å². The van der Waals surface area contributed by atoms with Crippen molar-refractivity contribution in [3.05, 3.63) is 54.1 Å². The van der Waals surface area contributed by atoms with Crippen molar-refractivity contribution in [3.63, 3.8) is 0 Å². The van der Waals surface area contributed by atoms with E-state index in [4.69, 9.17) is 9.47 Å². The van der Waals surface area contributed by atoms with Crippen LogP contribution in [0.15, 0.2) is 53.4 Å². The number of hydrogen-bond acceptors (Lipinski definition) is 6. The smallest absolute Gasteiger partial charge is 0.251 e. The summed E-state index contributed by atoms with van der Waals surface area (Å²) in [7, 11) is -0.520. The SMILES string of the molecule is COc1ccc(S(=O)(=O)C2CN(C(=O)CNC(=O)c3cccc(OC)c3)C2)cc1. The van der Waals surface area contributed by atoms with Gasteiger partial charge in [0.2, 0.25) is 5.91 Å². The van der Waals surface area contributed by atoms with E-state index < -0.39 is 21.0 Å². The van der Waals surface area contributed by atoms with E-state index in [0.29, 0.717) is 17.1 Å². The zero-order valence-corrected chi connectivity index (χ0v) is 16.9. The van der Waals surface area contributed by atoms with Gasteiger partial charge in [-0.3, -0.25) is 9.59 Å². The van der Waals surface area contributed by atoms with Crippen LogP contribution < -0.4 is 14.8 Å². The number of benzene rings is 2. The summed E-state index contributed by atoms with van der Waals surface area (Å²) in [5, 5.41) is 1.89. The largest absolute Gasteiger partial charge is 0.497 e. The Kier molecular flexibility index (Phi) is 6.07. The van der Waals surface area contributed by atoms with Crippen LogP contribution in [0.2, 0.25) is 0 Å². The maximum absolute atomic E-state index is 12.6. The fraction of sp³-hybridized carbons (Fsp3) is 0.300.